The monoisotopic (exact) mass is 741 g/mol. The first-order valence-corrected chi connectivity index (χ1v) is 17.3. The van der Waals surface area contributed by atoms with Gasteiger partial charge in [-0.1, -0.05) is 65.8 Å². The topological polar surface area (TPSA) is 192 Å². The van der Waals surface area contributed by atoms with E-state index in [1.807, 2.05) is 51.2 Å². The minimum atomic E-state index is -4.62. The van der Waals surface area contributed by atoms with Crippen LogP contribution in [0.15, 0.2) is 64.5 Å². The largest absolute Gasteiger partial charge is 0.408 e. The lowest BCUT2D eigenvalue weighted by atomic mass is 9.86. The highest BCUT2D eigenvalue weighted by molar-refractivity contribution is 5.76. The van der Waals surface area contributed by atoms with Crippen LogP contribution >= 0.6 is 0 Å². The normalized spacial score (nSPS) is 14.3. The Morgan fingerprint density at radius 2 is 1.68 bits per heavy atom. The highest BCUT2D eigenvalue weighted by Gasteiger charge is 2.45. The summed E-state index contributed by atoms with van der Waals surface area (Å²) in [7, 11) is 0. The van der Waals surface area contributed by atoms with E-state index in [2.05, 4.69) is 52.4 Å². The van der Waals surface area contributed by atoms with Gasteiger partial charge in [0.25, 0.3) is 0 Å². The second-order valence-corrected chi connectivity index (χ2v) is 15.2. The molecule has 5 rings (SSSR count). The van der Waals surface area contributed by atoms with Crippen molar-refractivity contribution in [2.75, 3.05) is 26.2 Å². The molecule has 0 bridgehead atoms. The molecule has 0 radical (unpaired) electrons. The maximum atomic E-state index is 14.3. The summed E-state index contributed by atoms with van der Waals surface area (Å²) in [6.45, 7) is 14.5. The van der Waals surface area contributed by atoms with Crippen molar-refractivity contribution < 1.29 is 17.6 Å². The number of H-pyrrole nitrogens is 1. The summed E-state index contributed by atoms with van der Waals surface area (Å²) >= 11 is 0. The zero-order valence-electron chi connectivity index (χ0n) is 31.0. The van der Waals surface area contributed by atoms with Crippen molar-refractivity contribution in [1.29, 1.82) is 5.41 Å². The fourth-order valence-electron chi connectivity index (χ4n) is 5.61. The van der Waals surface area contributed by atoms with Gasteiger partial charge in [0.05, 0.1) is 5.69 Å². The third kappa shape index (κ3) is 11.0. The summed E-state index contributed by atoms with van der Waals surface area (Å²) in [5.41, 5.74) is 19.0. The lowest BCUT2D eigenvalue weighted by Gasteiger charge is -2.42. The van der Waals surface area contributed by atoms with E-state index in [4.69, 9.17) is 22.6 Å². The molecule has 1 aliphatic rings. The Kier molecular flexibility index (Phi) is 12.6. The Bertz CT molecular complexity index is 1950. The van der Waals surface area contributed by atoms with Gasteiger partial charge in [-0.25, -0.2) is 9.18 Å². The van der Waals surface area contributed by atoms with Gasteiger partial charge in [-0.15, -0.1) is 0 Å². The number of aliphatic imine (C=N–C) groups is 1. The van der Waals surface area contributed by atoms with E-state index in [0.29, 0.717) is 17.8 Å². The molecule has 0 saturated carbocycles. The lowest BCUT2D eigenvalue weighted by Crippen LogP contribution is -2.62. The molecule has 1 aliphatic heterocycles. The first-order chi connectivity index (χ1) is 24.6. The molecule has 10 N–H and O–H groups in total. The zero-order valence-corrected chi connectivity index (χ0v) is 31.0. The number of nitrogens with zero attached hydrogens (tertiary/aromatic N) is 4. The molecule has 2 aromatic heterocycles. The molecule has 0 spiro atoms. The summed E-state index contributed by atoms with van der Waals surface area (Å²) < 4.78 is 56.1. The Balaban J connectivity index is 0.000000241. The third-order valence-electron chi connectivity index (χ3n) is 8.80. The summed E-state index contributed by atoms with van der Waals surface area (Å²) in [6.07, 6.45) is -1.92. The van der Waals surface area contributed by atoms with Crippen LogP contribution in [0.3, 0.4) is 0 Å². The number of fused-ring (bicyclic) bond motifs is 1. The molecule has 3 heterocycles. The molecule has 16 heteroatoms. The number of nitrogens with one attached hydrogen (secondary N) is 4. The number of hydrogen-bond donors (Lipinski definition) is 7. The fraction of sp³-hybridized carbons (Fsp3) is 0.459. The predicted molar refractivity (Wildman–Crippen MR) is 202 cm³/mol. The molecule has 12 nitrogen and oxygen atoms in total. The van der Waals surface area contributed by atoms with Crippen LogP contribution < -0.4 is 33.5 Å². The average molecular weight is 742 g/mol. The molecule has 288 valence electrons. The number of alkyl halides is 3. The number of hydrogen-bond acceptors (Lipinski definition) is 6. The van der Waals surface area contributed by atoms with Crippen LogP contribution in [0.5, 0.6) is 0 Å². The van der Waals surface area contributed by atoms with Crippen molar-refractivity contribution in [3.63, 3.8) is 0 Å². The Hall–Kier alpha value is -4.96. The van der Waals surface area contributed by atoms with Crippen molar-refractivity contribution in [3.8, 4) is 5.69 Å². The predicted octanol–water partition coefficient (Wildman–Crippen LogP) is 4.66. The number of likely N-dealkylation sites (tertiary alicyclic amines) is 1. The van der Waals surface area contributed by atoms with Gasteiger partial charge in [-0.05, 0) is 53.8 Å². The summed E-state index contributed by atoms with van der Waals surface area (Å²) in [6, 6.07) is 11.2. The van der Waals surface area contributed by atoms with E-state index in [1.165, 1.54) is 23.1 Å². The molecule has 0 amide bonds. The SMILES string of the molecule is CC(C)(C)c1cc2cn(-c3ccc(CNCCCN=C(N)N)cc3)c(=O)nc2[nH]1.CC(C)(C)c1ccc(C(NC2CN(C(=N)N)C2)C(F)(F)F)c(F)c1. The van der Waals surface area contributed by atoms with E-state index in [1.54, 1.807) is 4.57 Å². The van der Waals surface area contributed by atoms with Crippen molar-refractivity contribution in [1.82, 2.24) is 30.1 Å². The van der Waals surface area contributed by atoms with Gasteiger partial charge in [0.1, 0.15) is 17.5 Å². The minimum Gasteiger partial charge on any atom is -0.370 e. The maximum Gasteiger partial charge on any atom is 0.408 e. The van der Waals surface area contributed by atoms with Crippen LogP contribution in [-0.2, 0) is 17.4 Å². The number of nitrogens with two attached hydrogens (primary N) is 3. The second kappa shape index (κ2) is 16.4. The first-order valence-electron chi connectivity index (χ1n) is 17.3. The van der Waals surface area contributed by atoms with Crippen LogP contribution in [0.25, 0.3) is 16.7 Å². The molecule has 1 saturated heterocycles. The smallest absolute Gasteiger partial charge is 0.370 e. The van der Waals surface area contributed by atoms with Crippen LogP contribution in [-0.4, -0.2) is 69.8 Å². The summed E-state index contributed by atoms with van der Waals surface area (Å²) in [5.74, 6) is -0.935. The molecule has 1 unspecified atom stereocenters. The molecule has 4 aromatic rings. The van der Waals surface area contributed by atoms with E-state index < -0.39 is 29.6 Å². The molecule has 0 aliphatic carbocycles. The summed E-state index contributed by atoms with van der Waals surface area (Å²) in [4.78, 5) is 25.3. The molecule has 1 atom stereocenters. The van der Waals surface area contributed by atoms with Crippen LogP contribution in [0.2, 0.25) is 0 Å². The van der Waals surface area contributed by atoms with E-state index in [0.717, 1.165) is 41.8 Å². The van der Waals surface area contributed by atoms with E-state index in [9.17, 15) is 22.4 Å². The Morgan fingerprint density at radius 1 is 1.02 bits per heavy atom. The van der Waals surface area contributed by atoms with Gasteiger partial charge in [0.15, 0.2) is 11.9 Å². The zero-order chi connectivity index (χ0) is 39.3. The van der Waals surface area contributed by atoms with Crippen LogP contribution in [0, 0.1) is 11.2 Å². The lowest BCUT2D eigenvalue weighted by molar-refractivity contribution is -0.162. The molecule has 1 fully saturated rings. The Morgan fingerprint density at radius 3 is 2.23 bits per heavy atom. The number of guanidine groups is 2. The highest BCUT2D eigenvalue weighted by atomic mass is 19.4. The Labute approximate surface area is 306 Å². The fourth-order valence-corrected chi connectivity index (χ4v) is 5.61. The summed E-state index contributed by atoms with van der Waals surface area (Å²) in [5, 5.41) is 13.9. The van der Waals surface area contributed by atoms with Gasteiger partial charge in [-0.3, -0.25) is 20.3 Å². The second-order valence-electron chi connectivity index (χ2n) is 15.2. The number of rotatable bonds is 10. The molecule has 53 heavy (non-hydrogen) atoms. The molecule has 2 aromatic carbocycles. The average Bonchev–Trinajstić information content (AvgIpc) is 3.45. The van der Waals surface area contributed by atoms with E-state index >= 15 is 0 Å². The maximum absolute atomic E-state index is 14.3. The van der Waals surface area contributed by atoms with Crippen LogP contribution in [0.4, 0.5) is 17.6 Å². The van der Waals surface area contributed by atoms with Crippen molar-refractivity contribution >= 4 is 23.0 Å². The first kappa shape index (κ1) is 40.8. The van der Waals surface area contributed by atoms with Crippen molar-refractivity contribution in [3.05, 3.63) is 93.4 Å². The van der Waals surface area contributed by atoms with E-state index in [-0.39, 0.29) is 41.5 Å². The van der Waals surface area contributed by atoms with Gasteiger partial charge in [-0.2, -0.15) is 18.2 Å². The quantitative estimate of drug-likeness (QED) is 0.0528. The number of benzene rings is 2. The minimum absolute atomic E-state index is 0.0352. The van der Waals surface area contributed by atoms with Crippen LogP contribution in [0.1, 0.15) is 76.4 Å². The van der Waals surface area contributed by atoms with Gasteiger partial charge in [0.2, 0.25) is 0 Å². The van der Waals surface area contributed by atoms with Crippen molar-refractivity contribution in [2.45, 2.75) is 83.6 Å². The van der Waals surface area contributed by atoms with Crippen molar-refractivity contribution in [2.24, 2.45) is 22.2 Å². The number of aromatic amines is 1. The highest BCUT2D eigenvalue weighted by Crippen LogP contribution is 2.36. The molecular weight excluding hydrogens is 690 g/mol. The third-order valence-corrected chi connectivity index (χ3v) is 8.80. The molecular formula is C37H51F4N11O. The van der Waals surface area contributed by atoms with Gasteiger partial charge < -0.3 is 32.4 Å². The van der Waals surface area contributed by atoms with Gasteiger partial charge >= 0.3 is 11.9 Å². The standard InChI is InChI=1S/C21H29N7O.C16H22F4N4/c1-21(2,3)17-11-15-13-28(20(29)27-18(15)26-17)16-7-5-14(6-8-16)12-24-9-4-10-25-19(22)23;1-15(2,3)9-4-5-11(12(17)6-9)13(16(18,19)20)23-10-7-24(8-10)14(21)22/h5-8,11,13,24H,4,9-10,12H2,1-3H3,(H4,22,23,25)(H,26,27,29);4-6,10,13,23H,7-8H2,1-3H3,(H3,21,22). The number of halogens is 4. The number of aromatic nitrogens is 3. The van der Waals surface area contributed by atoms with Gasteiger partial charge in [0, 0.05) is 60.5 Å².